The van der Waals surface area contributed by atoms with Crippen molar-refractivity contribution in [2.45, 2.75) is 18.9 Å². The summed E-state index contributed by atoms with van der Waals surface area (Å²) in [5.74, 6) is 0.784. The first kappa shape index (κ1) is 11.1. The zero-order chi connectivity index (χ0) is 11.4. The monoisotopic (exact) mass is 221 g/mol. The zero-order valence-electron chi connectivity index (χ0n) is 9.37. The first-order valence-electron chi connectivity index (χ1n) is 5.55. The Hall–Kier alpha value is -1.35. The summed E-state index contributed by atoms with van der Waals surface area (Å²) in [5.41, 5.74) is 0.721. The molecule has 16 heavy (non-hydrogen) atoms. The number of likely N-dealkylation sites (N-methyl/N-ethyl adjacent to an activating group) is 1. The van der Waals surface area contributed by atoms with Gasteiger partial charge in [0, 0.05) is 6.42 Å². The van der Waals surface area contributed by atoms with Gasteiger partial charge in [-0.1, -0.05) is 18.2 Å². The van der Waals surface area contributed by atoms with Gasteiger partial charge >= 0.3 is 0 Å². The number of rotatable bonds is 4. The summed E-state index contributed by atoms with van der Waals surface area (Å²) >= 11 is 0. The molecule has 0 aliphatic carbocycles. The normalized spacial score (nSPS) is 16.8. The topological polar surface area (TPSA) is 21.3 Å². The first-order valence-corrected chi connectivity index (χ1v) is 5.55. The van der Waals surface area contributed by atoms with E-state index < -0.39 is 0 Å². The molecule has 0 spiro atoms. The SMILES string of the molecule is CNC(Cc1ccccc1F)C1=CCCO1. The van der Waals surface area contributed by atoms with Gasteiger partial charge in [-0.25, -0.2) is 4.39 Å². The maximum absolute atomic E-state index is 13.5. The summed E-state index contributed by atoms with van der Waals surface area (Å²) in [6, 6.07) is 6.94. The summed E-state index contributed by atoms with van der Waals surface area (Å²) < 4.78 is 19.0. The van der Waals surface area contributed by atoms with Crippen molar-refractivity contribution in [2.75, 3.05) is 13.7 Å². The summed E-state index contributed by atoms with van der Waals surface area (Å²) in [6.07, 6.45) is 3.64. The minimum absolute atomic E-state index is 0.0689. The average molecular weight is 221 g/mol. The van der Waals surface area contributed by atoms with E-state index in [4.69, 9.17) is 4.74 Å². The molecule has 1 aliphatic heterocycles. The summed E-state index contributed by atoms with van der Waals surface area (Å²) in [4.78, 5) is 0. The Bertz CT molecular complexity index is 389. The Kier molecular flexibility index (Phi) is 3.57. The molecular formula is C13H16FNO. The van der Waals surface area contributed by atoms with Crippen LogP contribution in [0.4, 0.5) is 4.39 Å². The van der Waals surface area contributed by atoms with Crippen molar-refractivity contribution in [1.82, 2.24) is 5.32 Å². The van der Waals surface area contributed by atoms with E-state index in [-0.39, 0.29) is 11.9 Å². The van der Waals surface area contributed by atoms with E-state index in [0.29, 0.717) is 6.42 Å². The van der Waals surface area contributed by atoms with Gasteiger partial charge in [0.25, 0.3) is 0 Å². The summed E-state index contributed by atoms with van der Waals surface area (Å²) in [6.45, 7) is 0.741. The maximum Gasteiger partial charge on any atom is 0.126 e. The second kappa shape index (κ2) is 5.12. The molecule has 86 valence electrons. The van der Waals surface area contributed by atoms with Crippen LogP contribution in [0.15, 0.2) is 36.1 Å². The lowest BCUT2D eigenvalue weighted by Gasteiger charge is -2.17. The molecule has 1 N–H and O–H groups in total. The van der Waals surface area contributed by atoms with Crippen LogP contribution in [0.2, 0.25) is 0 Å². The van der Waals surface area contributed by atoms with Crippen LogP contribution in [0.25, 0.3) is 0 Å². The van der Waals surface area contributed by atoms with Gasteiger partial charge in [0.2, 0.25) is 0 Å². The van der Waals surface area contributed by atoms with Crippen LogP contribution in [0.5, 0.6) is 0 Å². The van der Waals surface area contributed by atoms with Crippen molar-refractivity contribution in [2.24, 2.45) is 0 Å². The second-order valence-electron chi connectivity index (χ2n) is 3.88. The van der Waals surface area contributed by atoms with Crippen molar-refractivity contribution in [3.05, 3.63) is 47.5 Å². The number of halogens is 1. The average Bonchev–Trinajstić information content (AvgIpc) is 2.81. The van der Waals surface area contributed by atoms with Crippen molar-refractivity contribution >= 4 is 0 Å². The zero-order valence-corrected chi connectivity index (χ0v) is 9.37. The molecule has 1 unspecified atom stereocenters. The number of ether oxygens (including phenoxy) is 1. The van der Waals surface area contributed by atoms with Gasteiger partial charge in [-0.05, 0) is 31.2 Å². The highest BCUT2D eigenvalue weighted by atomic mass is 19.1. The fourth-order valence-electron chi connectivity index (χ4n) is 1.91. The Balaban J connectivity index is 2.10. The Morgan fingerprint density at radius 2 is 2.25 bits per heavy atom. The van der Waals surface area contributed by atoms with Crippen molar-refractivity contribution in [1.29, 1.82) is 0 Å². The van der Waals surface area contributed by atoms with E-state index in [2.05, 4.69) is 11.4 Å². The van der Waals surface area contributed by atoms with Gasteiger partial charge < -0.3 is 10.1 Å². The maximum atomic E-state index is 13.5. The van der Waals surface area contributed by atoms with Crippen LogP contribution >= 0.6 is 0 Å². The Morgan fingerprint density at radius 3 is 2.88 bits per heavy atom. The van der Waals surface area contributed by atoms with Gasteiger partial charge in [0.15, 0.2) is 0 Å². The molecule has 0 amide bonds. The first-order chi connectivity index (χ1) is 7.81. The van der Waals surface area contributed by atoms with E-state index >= 15 is 0 Å². The molecule has 0 radical (unpaired) electrons. The summed E-state index contributed by atoms with van der Waals surface area (Å²) in [7, 11) is 1.87. The number of nitrogens with one attached hydrogen (secondary N) is 1. The van der Waals surface area contributed by atoms with E-state index in [1.165, 1.54) is 6.07 Å². The smallest absolute Gasteiger partial charge is 0.126 e. The molecule has 0 saturated carbocycles. The fraction of sp³-hybridized carbons (Fsp3) is 0.385. The molecule has 1 heterocycles. The largest absolute Gasteiger partial charge is 0.496 e. The molecule has 1 aliphatic rings. The molecule has 3 heteroatoms. The predicted molar refractivity (Wildman–Crippen MR) is 61.6 cm³/mol. The lowest BCUT2D eigenvalue weighted by molar-refractivity contribution is 0.216. The van der Waals surface area contributed by atoms with Crippen molar-refractivity contribution in [3.8, 4) is 0 Å². The third-order valence-electron chi connectivity index (χ3n) is 2.81. The van der Waals surface area contributed by atoms with Crippen LogP contribution in [0, 0.1) is 5.82 Å². The highest BCUT2D eigenvalue weighted by molar-refractivity contribution is 5.21. The molecule has 0 saturated heterocycles. The molecule has 1 aromatic rings. The molecule has 1 aromatic carbocycles. The van der Waals surface area contributed by atoms with Gasteiger partial charge in [0.1, 0.15) is 11.6 Å². The Morgan fingerprint density at radius 1 is 1.44 bits per heavy atom. The molecule has 0 bridgehead atoms. The molecule has 0 fully saturated rings. The van der Waals surface area contributed by atoms with E-state index in [1.807, 2.05) is 19.2 Å². The third kappa shape index (κ3) is 2.42. The standard InChI is InChI=1S/C13H16FNO/c1-15-12(13-7-4-8-16-13)9-10-5-2-3-6-11(10)14/h2-3,5-7,12,15H,4,8-9H2,1H3. The quantitative estimate of drug-likeness (QED) is 0.842. The highest BCUT2D eigenvalue weighted by Gasteiger charge is 2.18. The van der Waals surface area contributed by atoms with Crippen LogP contribution in [-0.4, -0.2) is 19.7 Å². The lowest BCUT2D eigenvalue weighted by Crippen LogP contribution is -2.30. The lowest BCUT2D eigenvalue weighted by atomic mass is 10.0. The van der Waals surface area contributed by atoms with E-state index in [9.17, 15) is 4.39 Å². The number of benzene rings is 1. The van der Waals surface area contributed by atoms with E-state index in [0.717, 1.165) is 24.4 Å². The summed E-state index contributed by atoms with van der Waals surface area (Å²) in [5, 5.41) is 3.16. The Labute approximate surface area is 95.1 Å². The molecular weight excluding hydrogens is 205 g/mol. The minimum atomic E-state index is -0.152. The minimum Gasteiger partial charge on any atom is -0.496 e. The van der Waals surface area contributed by atoms with Crippen LogP contribution in [0.1, 0.15) is 12.0 Å². The van der Waals surface area contributed by atoms with Gasteiger partial charge in [-0.3, -0.25) is 0 Å². The van der Waals surface area contributed by atoms with Gasteiger partial charge in [-0.15, -0.1) is 0 Å². The predicted octanol–water partition coefficient (Wildman–Crippen LogP) is 2.26. The van der Waals surface area contributed by atoms with Crippen molar-refractivity contribution < 1.29 is 9.13 Å². The molecule has 1 atom stereocenters. The van der Waals surface area contributed by atoms with Gasteiger partial charge in [-0.2, -0.15) is 0 Å². The molecule has 2 rings (SSSR count). The van der Waals surface area contributed by atoms with Gasteiger partial charge in [0.05, 0.1) is 12.6 Å². The number of hydrogen-bond donors (Lipinski definition) is 1. The third-order valence-corrected chi connectivity index (χ3v) is 2.81. The van der Waals surface area contributed by atoms with Crippen LogP contribution < -0.4 is 5.32 Å². The van der Waals surface area contributed by atoms with Crippen LogP contribution in [-0.2, 0) is 11.2 Å². The number of hydrogen-bond acceptors (Lipinski definition) is 2. The molecule has 2 nitrogen and oxygen atoms in total. The van der Waals surface area contributed by atoms with Crippen molar-refractivity contribution in [3.63, 3.8) is 0 Å². The second-order valence-corrected chi connectivity index (χ2v) is 3.88. The molecule has 0 aromatic heterocycles. The van der Waals surface area contributed by atoms with E-state index in [1.54, 1.807) is 6.07 Å². The van der Waals surface area contributed by atoms with Crippen LogP contribution in [0.3, 0.4) is 0 Å². The fourth-order valence-corrected chi connectivity index (χ4v) is 1.91. The highest BCUT2D eigenvalue weighted by Crippen LogP contribution is 2.18.